The summed E-state index contributed by atoms with van der Waals surface area (Å²) < 4.78 is 11.0. The largest absolute Gasteiger partial charge is 0.450 e. The van der Waals surface area contributed by atoms with Gasteiger partial charge in [0.1, 0.15) is 0 Å². The molecular weight excluding hydrogens is 304 g/mol. The van der Waals surface area contributed by atoms with Crippen molar-refractivity contribution in [2.45, 2.75) is 38.3 Å². The van der Waals surface area contributed by atoms with E-state index in [4.69, 9.17) is 9.47 Å². The minimum absolute atomic E-state index is 0.177. The Bertz CT molecular complexity index is 515. The van der Waals surface area contributed by atoms with Crippen LogP contribution in [0.15, 0.2) is 30.3 Å². The van der Waals surface area contributed by atoms with Gasteiger partial charge in [-0.1, -0.05) is 30.3 Å². The van der Waals surface area contributed by atoms with E-state index >= 15 is 0 Å². The summed E-state index contributed by atoms with van der Waals surface area (Å²) in [4.78, 5) is 13.6. The molecule has 0 aliphatic carbocycles. The van der Waals surface area contributed by atoms with Crippen LogP contribution in [-0.4, -0.2) is 49.9 Å². The summed E-state index contributed by atoms with van der Waals surface area (Å²) in [5.74, 6) is 0.524. The Balaban J connectivity index is 1.44. The lowest BCUT2D eigenvalue weighted by Crippen LogP contribution is -2.46. The Morgan fingerprint density at radius 2 is 2.00 bits per heavy atom. The number of carbonyl (C=O) groups is 1. The molecule has 24 heavy (non-hydrogen) atoms. The summed E-state index contributed by atoms with van der Waals surface area (Å²) >= 11 is 0. The van der Waals surface area contributed by atoms with Gasteiger partial charge in [-0.15, -0.1) is 0 Å². The van der Waals surface area contributed by atoms with Crippen LogP contribution in [0.1, 0.15) is 37.9 Å². The number of hydrogen-bond donors (Lipinski definition) is 1. The van der Waals surface area contributed by atoms with Gasteiger partial charge in [-0.3, -0.25) is 0 Å². The maximum atomic E-state index is 11.7. The van der Waals surface area contributed by atoms with Crippen molar-refractivity contribution in [3.8, 4) is 0 Å². The lowest BCUT2D eigenvalue weighted by molar-refractivity contribution is 0.0855. The van der Waals surface area contributed by atoms with Crippen LogP contribution in [0.4, 0.5) is 4.79 Å². The molecule has 2 aliphatic rings. The molecule has 5 heteroatoms. The van der Waals surface area contributed by atoms with Gasteiger partial charge in [0.15, 0.2) is 0 Å². The monoisotopic (exact) mass is 332 g/mol. The van der Waals surface area contributed by atoms with Crippen molar-refractivity contribution in [2.24, 2.45) is 5.92 Å². The SMILES string of the molecule is CCOC(=O)N1CCC(NC[C@H]2CCO[C@H]2c2ccccc2)CC1. The number of amides is 1. The first-order valence-electron chi connectivity index (χ1n) is 9.09. The lowest BCUT2D eigenvalue weighted by atomic mass is 9.94. The number of nitrogens with one attached hydrogen (secondary N) is 1. The molecule has 1 aromatic rings. The van der Waals surface area contributed by atoms with E-state index in [1.54, 1.807) is 0 Å². The van der Waals surface area contributed by atoms with E-state index in [-0.39, 0.29) is 12.2 Å². The number of nitrogens with zero attached hydrogens (tertiary/aromatic N) is 1. The zero-order chi connectivity index (χ0) is 16.8. The zero-order valence-corrected chi connectivity index (χ0v) is 14.4. The second kappa shape index (κ2) is 8.49. The first-order valence-corrected chi connectivity index (χ1v) is 9.09. The molecule has 1 amide bonds. The van der Waals surface area contributed by atoms with Crippen LogP contribution >= 0.6 is 0 Å². The van der Waals surface area contributed by atoms with Gasteiger partial charge in [0.05, 0.1) is 12.7 Å². The number of rotatable bonds is 5. The van der Waals surface area contributed by atoms with E-state index in [2.05, 4.69) is 29.6 Å². The fourth-order valence-corrected chi connectivity index (χ4v) is 3.65. The molecule has 0 aromatic heterocycles. The Morgan fingerprint density at radius 1 is 1.25 bits per heavy atom. The Hall–Kier alpha value is -1.59. The highest BCUT2D eigenvalue weighted by Crippen LogP contribution is 2.34. The highest BCUT2D eigenvalue weighted by molar-refractivity contribution is 5.67. The van der Waals surface area contributed by atoms with Gasteiger partial charge < -0.3 is 19.7 Å². The summed E-state index contributed by atoms with van der Waals surface area (Å²) in [6.07, 6.45) is 3.11. The van der Waals surface area contributed by atoms with Crippen molar-refractivity contribution in [2.75, 3.05) is 32.8 Å². The van der Waals surface area contributed by atoms with Gasteiger partial charge in [0.25, 0.3) is 0 Å². The highest BCUT2D eigenvalue weighted by Gasteiger charge is 2.30. The van der Waals surface area contributed by atoms with Crippen LogP contribution in [0.3, 0.4) is 0 Å². The molecule has 3 rings (SSSR count). The van der Waals surface area contributed by atoms with Gasteiger partial charge in [0.2, 0.25) is 0 Å². The predicted octanol–water partition coefficient (Wildman–Crippen LogP) is 2.97. The Morgan fingerprint density at radius 3 is 2.71 bits per heavy atom. The van der Waals surface area contributed by atoms with E-state index in [0.717, 1.165) is 45.5 Å². The average molecular weight is 332 g/mol. The minimum Gasteiger partial charge on any atom is -0.450 e. The third-order valence-corrected chi connectivity index (χ3v) is 5.03. The van der Waals surface area contributed by atoms with Crippen molar-refractivity contribution in [1.29, 1.82) is 0 Å². The predicted molar refractivity (Wildman–Crippen MR) is 92.9 cm³/mol. The fraction of sp³-hybridized carbons (Fsp3) is 0.632. The molecule has 2 heterocycles. The summed E-state index contributed by atoms with van der Waals surface area (Å²) in [5.41, 5.74) is 1.28. The summed E-state index contributed by atoms with van der Waals surface area (Å²) in [6.45, 7) is 5.66. The maximum Gasteiger partial charge on any atom is 0.409 e. The van der Waals surface area contributed by atoms with Crippen LogP contribution in [0.2, 0.25) is 0 Å². The number of benzene rings is 1. The highest BCUT2D eigenvalue weighted by atomic mass is 16.6. The van der Waals surface area contributed by atoms with Crippen molar-refractivity contribution in [1.82, 2.24) is 10.2 Å². The number of ether oxygens (including phenoxy) is 2. The molecule has 1 N–H and O–H groups in total. The van der Waals surface area contributed by atoms with E-state index in [1.807, 2.05) is 17.9 Å². The Labute approximate surface area is 144 Å². The van der Waals surface area contributed by atoms with Gasteiger partial charge in [-0.2, -0.15) is 0 Å². The van der Waals surface area contributed by atoms with Gasteiger partial charge in [0, 0.05) is 38.2 Å². The van der Waals surface area contributed by atoms with Crippen molar-refractivity contribution in [3.05, 3.63) is 35.9 Å². The maximum absolute atomic E-state index is 11.7. The first-order chi connectivity index (χ1) is 11.8. The molecule has 2 atom stereocenters. The third kappa shape index (κ3) is 4.28. The van der Waals surface area contributed by atoms with Gasteiger partial charge in [-0.05, 0) is 31.7 Å². The van der Waals surface area contributed by atoms with E-state index < -0.39 is 0 Å². The van der Waals surface area contributed by atoms with E-state index in [0.29, 0.717) is 18.6 Å². The van der Waals surface area contributed by atoms with E-state index in [9.17, 15) is 4.79 Å². The van der Waals surface area contributed by atoms with Crippen LogP contribution < -0.4 is 5.32 Å². The van der Waals surface area contributed by atoms with Crippen molar-refractivity contribution >= 4 is 6.09 Å². The van der Waals surface area contributed by atoms with Gasteiger partial charge in [-0.25, -0.2) is 4.79 Å². The summed E-state index contributed by atoms with van der Waals surface area (Å²) in [5, 5.41) is 3.70. The molecule has 0 unspecified atom stereocenters. The molecule has 132 valence electrons. The normalized spacial score (nSPS) is 25.0. The first kappa shape index (κ1) is 17.2. The molecule has 0 radical (unpaired) electrons. The quantitative estimate of drug-likeness (QED) is 0.901. The van der Waals surface area contributed by atoms with Crippen LogP contribution in [0.5, 0.6) is 0 Å². The van der Waals surface area contributed by atoms with Gasteiger partial charge >= 0.3 is 6.09 Å². The molecular formula is C19H28N2O3. The number of piperidine rings is 1. The average Bonchev–Trinajstić information content (AvgIpc) is 3.10. The second-order valence-corrected chi connectivity index (χ2v) is 6.62. The standard InChI is InChI=1S/C19H28N2O3/c1-2-23-19(22)21-11-8-17(9-12-21)20-14-16-10-13-24-18(16)15-6-4-3-5-7-15/h3-7,16-18,20H,2,8-14H2,1H3/t16-,18+/m1/s1. The molecule has 0 spiro atoms. The fourth-order valence-electron chi connectivity index (χ4n) is 3.65. The summed E-state index contributed by atoms with van der Waals surface area (Å²) in [6, 6.07) is 11.0. The number of likely N-dealkylation sites (tertiary alicyclic amines) is 1. The molecule has 5 nitrogen and oxygen atoms in total. The lowest BCUT2D eigenvalue weighted by Gasteiger charge is -2.32. The van der Waals surface area contributed by atoms with E-state index in [1.165, 1.54) is 5.56 Å². The minimum atomic E-state index is -0.177. The summed E-state index contributed by atoms with van der Waals surface area (Å²) in [7, 11) is 0. The molecule has 2 fully saturated rings. The van der Waals surface area contributed by atoms with Crippen LogP contribution in [0, 0.1) is 5.92 Å². The van der Waals surface area contributed by atoms with Crippen LogP contribution in [0.25, 0.3) is 0 Å². The third-order valence-electron chi connectivity index (χ3n) is 5.03. The zero-order valence-electron chi connectivity index (χ0n) is 14.4. The van der Waals surface area contributed by atoms with Crippen molar-refractivity contribution < 1.29 is 14.3 Å². The smallest absolute Gasteiger partial charge is 0.409 e. The Kier molecular flexibility index (Phi) is 6.10. The number of hydrogen-bond acceptors (Lipinski definition) is 4. The molecule has 1 aromatic carbocycles. The number of carbonyl (C=O) groups excluding carboxylic acids is 1. The molecule has 0 saturated carbocycles. The molecule has 0 bridgehead atoms. The molecule has 2 aliphatic heterocycles. The molecule has 2 saturated heterocycles. The topological polar surface area (TPSA) is 50.8 Å². The van der Waals surface area contributed by atoms with Crippen molar-refractivity contribution in [3.63, 3.8) is 0 Å². The van der Waals surface area contributed by atoms with Crippen LogP contribution in [-0.2, 0) is 9.47 Å². The second-order valence-electron chi connectivity index (χ2n) is 6.62.